The van der Waals surface area contributed by atoms with E-state index in [0.29, 0.717) is 35.4 Å². The average molecular weight is 469 g/mol. The van der Waals surface area contributed by atoms with Crippen LogP contribution in [0.15, 0.2) is 77.7 Å². The molecule has 0 fully saturated rings. The highest BCUT2D eigenvalue weighted by atomic mass is 32.2. The number of rotatable bonds is 10. The van der Waals surface area contributed by atoms with Crippen molar-refractivity contribution in [1.29, 1.82) is 0 Å². The van der Waals surface area contributed by atoms with E-state index in [1.165, 1.54) is 29.8 Å². The Labute approximate surface area is 194 Å². The van der Waals surface area contributed by atoms with Crippen LogP contribution in [-0.2, 0) is 14.8 Å². The molecule has 0 saturated heterocycles. The fourth-order valence-electron chi connectivity index (χ4n) is 3.01. The highest BCUT2D eigenvalue weighted by Gasteiger charge is 2.14. The van der Waals surface area contributed by atoms with Gasteiger partial charge in [-0.2, -0.15) is 0 Å². The Morgan fingerprint density at radius 3 is 1.94 bits per heavy atom. The third-order valence-electron chi connectivity index (χ3n) is 4.78. The minimum atomic E-state index is -3.77. The number of sulfonamides is 1. The van der Waals surface area contributed by atoms with Crippen molar-refractivity contribution in [2.45, 2.75) is 31.6 Å². The van der Waals surface area contributed by atoms with Gasteiger partial charge in [-0.3, -0.25) is 9.52 Å². The molecule has 3 aromatic carbocycles. The van der Waals surface area contributed by atoms with Gasteiger partial charge < -0.3 is 14.8 Å². The number of amides is 1. The molecule has 0 atom stereocenters. The zero-order chi connectivity index (χ0) is 23.8. The second-order valence-electron chi connectivity index (χ2n) is 7.65. The Morgan fingerprint density at radius 2 is 1.36 bits per heavy atom. The lowest BCUT2D eigenvalue weighted by molar-refractivity contribution is -0.118. The summed E-state index contributed by atoms with van der Waals surface area (Å²) >= 11 is 0. The number of benzene rings is 3. The number of carbonyl (C=O) groups excluding carboxylic acids is 1. The van der Waals surface area contributed by atoms with Crippen LogP contribution in [0, 0.1) is 0 Å². The van der Waals surface area contributed by atoms with E-state index in [-0.39, 0.29) is 17.4 Å². The smallest absolute Gasteiger partial charge is 0.262 e. The van der Waals surface area contributed by atoms with Gasteiger partial charge in [-0.05, 0) is 79.1 Å². The Morgan fingerprint density at radius 1 is 0.818 bits per heavy atom. The van der Waals surface area contributed by atoms with Gasteiger partial charge in [0.1, 0.15) is 11.5 Å². The van der Waals surface area contributed by atoms with Gasteiger partial charge in [-0.1, -0.05) is 26.0 Å². The van der Waals surface area contributed by atoms with Crippen molar-refractivity contribution < 1.29 is 22.7 Å². The maximum atomic E-state index is 12.6. The average Bonchev–Trinajstić information content (AvgIpc) is 2.79. The molecule has 0 aliphatic heterocycles. The first-order valence-corrected chi connectivity index (χ1v) is 12.1. The van der Waals surface area contributed by atoms with E-state index >= 15 is 0 Å². The van der Waals surface area contributed by atoms with Gasteiger partial charge in [0, 0.05) is 11.4 Å². The standard InChI is InChI=1S/C25H28N2O5S/c1-4-31-22-13-7-21(8-14-22)27-33(29,30)24-15-9-20(10-16-24)26-25(28)17-32-23-11-5-19(6-12-23)18(2)3/h5-16,18,27H,4,17H2,1-3H3,(H,26,28). The monoisotopic (exact) mass is 468 g/mol. The number of hydrogen-bond acceptors (Lipinski definition) is 5. The summed E-state index contributed by atoms with van der Waals surface area (Å²) in [6.07, 6.45) is 0. The summed E-state index contributed by atoms with van der Waals surface area (Å²) in [4.78, 5) is 12.3. The molecule has 174 valence electrons. The molecular weight excluding hydrogens is 440 g/mol. The Hall–Kier alpha value is -3.52. The van der Waals surface area contributed by atoms with E-state index in [2.05, 4.69) is 23.9 Å². The van der Waals surface area contributed by atoms with E-state index in [1.54, 1.807) is 24.3 Å². The van der Waals surface area contributed by atoms with Crippen molar-refractivity contribution in [1.82, 2.24) is 0 Å². The van der Waals surface area contributed by atoms with Crippen LogP contribution in [0.4, 0.5) is 11.4 Å². The van der Waals surface area contributed by atoms with E-state index < -0.39 is 10.0 Å². The Kier molecular flexibility index (Phi) is 7.95. The van der Waals surface area contributed by atoms with Crippen LogP contribution in [0.5, 0.6) is 11.5 Å². The number of hydrogen-bond donors (Lipinski definition) is 2. The molecule has 0 spiro atoms. The molecule has 0 aliphatic carbocycles. The van der Waals surface area contributed by atoms with Crippen molar-refractivity contribution in [3.63, 3.8) is 0 Å². The molecule has 7 nitrogen and oxygen atoms in total. The summed E-state index contributed by atoms with van der Waals surface area (Å²) < 4.78 is 38.6. The highest BCUT2D eigenvalue weighted by molar-refractivity contribution is 7.92. The van der Waals surface area contributed by atoms with Gasteiger partial charge in [0.2, 0.25) is 0 Å². The third-order valence-corrected chi connectivity index (χ3v) is 6.18. The minimum absolute atomic E-state index is 0.0795. The highest BCUT2D eigenvalue weighted by Crippen LogP contribution is 2.21. The van der Waals surface area contributed by atoms with Gasteiger partial charge >= 0.3 is 0 Å². The number of ether oxygens (including phenoxy) is 2. The number of anilines is 2. The Bertz CT molecular complexity index is 1160. The quantitative estimate of drug-likeness (QED) is 0.435. The Balaban J connectivity index is 1.54. The zero-order valence-electron chi connectivity index (χ0n) is 18.9. The summed E-state index contributed by atoms with van der Waals surface area (Å²) in [6, 6.07) is 20.2. The topological polar surface area (TPSA) is 93.7 Å². The van der Waals surface area contributed by atoms with Crippen LogP contribution < -0.4 is 19.5 Å². The second kappa shape index (κ2) is 10.9. The van der Waals surface area contributed by atoms with Gasteiger partial charge in [-0.15, -0.1) is 0 Å². The van der Waals surface area contributed by atoms with Gasteiger partial charge in [-0.25, -0.2) is 8.42 Å². The molecule has 2 N–H and O–H groups in total. The molecule has 0 saturated carbocycles. The fourth-order valence-corrected chi connectivity index (χ4v) is 4.07. The maximum absolute atomic E-state index is 12.6. The lowest BCUT2D eigenvalue weighted by Gasteiger charge is -2.11. The van der Waals surface area contributed by atoms with Gasteiger partial charge in [0.05, 0.1) is 11.5 Å². The summed E-state index contributed by atoms with van der Waals surface area (Å²) in [5, 5.41) is 2.70. The molecule has 0 radical (unpaired) electrons. The van der Waals surface area contributed by atoms with Gasteiger partial charge in [0.15, 0.2) is 6.61 Å². The van der Waals surface area contributed by atoms with Crippen LogP contribution >= 0.6 is 0 Å². The van der Waals surface area contributed by atoms with Crippen molar-refractivity contribution in [2.75, 3.05) is 23.3 Å². The minimum Gasteiger partial charge on any atom is -0.494 e. The SMILES string of the molecule is CCOc1ccc(NS(=O)(=O)c2ccc(NC(=O)COc3ccc(C(C)C)cc3)cc2)cc1. The largest absolute Gasteiger partial charge is 0.494 e. The zero-order valence-corrected chi connectivity index (χ0v) is 19.7. The second-order valence-corrected chi connectivity index (χ2v) is 9.33. The third kappa shape index (κ3) is 6.98. The summed E-state index contributed by atoms with van der Waals surface area (Å²) in [6.45, 7) is 6.47. The first kappa shape index (κ1) is 24.1. The first-order valence-electron chi connectivity index (χ1n) is 10.6. The van der Waals surface area contributed by atoms with Crippen molar-refractivity contribution >= 4 is 27.3 Å². The molecular formula is C25H28N2O5S. The van der Waals surface area contributed by atoms with Crippen LogP contribution in [-0.4, -0.2) is 27.5 Å². The molecule has 8 heteroatoms. The lowest BCUT2D eigenvalue weighted by Crippen LogP contribution is -2.20. The molecule has 0 bridgehead atoms. The molecule has 0 heterocycles. The van der Waals surface area contributed by atoms with E-state index in [9.17, 15) is 13.2 Å². The molecule has 33 heavy (non-hydrogen) atoms. The van der Waals surface area contributed by atoms with Crippen LogP contribution in [0.2, 0.25) is 0 Å². The van der Waals surface area contributed by atoms with Crippen LogP contribution in [0.1, 0.15) is 32.3 Å². The molecule has 3 rings (SSSR count). The molecule has 0 aromatic heterocycles. The molecule has 0 unspecified atom stereocenters. The number of nitrogens with one attached hydrogen (secondary N) is 2. The molecule has 3 aromatic rings. The van der Waals surface area contributed by atoms with Crippen molar-refractivity contribution in [3.8, 4) is 11.5 Å². The molecule has 0 aliphatic rings. The maximum Gasteiger partial charge on any atom is 0.262 e. The summed E-state index contributed by atoms with van der Waals surface area (Å²) in [7, 11) is -3.77. The van der Waals surface area contributed by atoms with E-state index in [0.717, 1.165) is 0 Å². The summed E-state index contributed by atoms with van der Waals surface area (Å²) in [5.74, 6) is 1.35. The van der Waals surface area contributed by atoms with Crippen molar-refractivity contribution in [2.24, 2.45) is 0 Å². The van der Waals surface area contributed by atoms with E-state index in [1.807, 2.05) is 31.2 Å². The van der Waals surface area contributed by atoms with Gasteiger partial charge in [0.25, 0.3) is 15.9 Å². The normalized spacial score (nSPS) is 11.2. The fraction of sp³-hybridized carbons (Fsp3) is 0.240. The number of carbonyl (C=O) groups is 1. The van der Waals surface area contributed by atoms with Crippen LogP contribution in [0.25, 0.3) is 0 Å². The predicted octanol–water partition coefficient (Wildman–Crippen LogP) is 5.03. The van der Waals surface area contributed by atoms with E-state index in [4.69, 9.17) is 9.47 Å². The first-order chi connectivity index (χ1) is 15.8. The van der Waals surface area contributed by atoms with Crippen molar-refractivity contribution in [3.05, 3.63) is 78.4 Å². The molecule has 1 amide bonds. The lowest BCUT2D eigenvalue weighted by atomic mass is 10.0. The predicted molar refractivity (Wildman–Crippen MR) is 130 cm³/mol. The summed E-state index contributed by atoms with van der Waals surface area (Å²) in [5.41, 5.74) is 2.09. The van der Waals surface area contributed by atoms with Crippen LogP contribution in [0.3, 0.4) is 0 Å².